The van der Waals surface area contributed by atoms with Gasteiger partial charge in [-0.2, -0.15) is 0 Å². The largest absolute Gasteiger partial charge is 0.213 e. The van der Waals surface area contributed by atoms with Crippen LogP contribution in [-0.4, -0.2) is 0 Å². The molecular weight excluding hydrogens is 398 g/mol. The van der Waals surface area contributed by atoms with Crippen LogP contribution in [0.3, 0.4) is 0 Å². The molecule has 0 atom stereocenters. The van der Waals surface area contributed by atoms with E-state index in [1.807, 2.05) is 0 Å². The molecule has 4 aromatic rings. The van der Waals surface area contributed by atoms with E-state index in [1.165, 1.54) is 57.5 Å². The third-order valence-corrected chi connectivity index (χ3v) is 8.28. The second-order valence-corrected chi connectivity index (χ2v) is 10.7. The minimum absolute atomic E-state index is 0.0305. The molecular formula is C32H32N+. The van der Waals surface area contributed by atoms with Crippen molar-refractivity contribution in [2.75, 3.05) is 0 Å². The number of hydrogen-bond acceptors (Lipinski definition) is 0. The van der Waals surface area contributed by atoms with Crippen LogP contribution in [0.5, 0.6) is 0 Å². The molecule has 0 bridgehead atoms. The maximum atomic E-state index is 2.52. The van der Waals surface area contributed by atoms with Gasteiger partial charge in [0.1, 0.15) is 7.05 Å². The molecule has 2 aliphatic carbocycles. The second-order valence-electron chi connectivity index (χ2n) is 10.7. The summed E-state index contributed by atoms with van der Waals surface area (Å²) in [6, 6.07) is 27.5. The minimum atomic E-state index is 0.0305. The molecule has 1 heterocycles. The summed E-state index contributed by atoms with van der Waals surface area (Å²) in [5.41, 5.74) is 14.2. The Bertz CT molecular complexity index is 1420. The summed E-state index contributed by atoms with van der Waals surface area (Å²) in [6.45, 7) is 9.22. The van der Waals surface area contributed by atoms with E-state index < -0.39 is 0 Å². The van der Waals surface area contributed by atoms with Gasteiger partial charge in [-0.25, -0.2) is 4.57 Å². The molecule has 1 aromatic heterocycles. The molecule has 2 aliphatic rings. The van der Waals surface area contributed by atoms with Crippen molar-refractivity contribution in [2.24, 2.45) is 7.05 Å². The lowest BCUT2D eigenvalue weighted by atomic mass is 9.63. The van der Waals surface area contributed by atoms with Crippen molar-refractivity contribution in [3.63, 3.8) is 0 Å². The summed E-state index contributed by atoms with van der Waals surface area (Å²) in [7, 11) is 2.16. The van der Waals surface area contributed by atoms with E-state index in [9.17, 15) is 0 Å². The van der Waals surface area contributed by atoms with Gasteiger partial charge in [-0.15, -0.1) is 0 Å². The van der Waals surface area contributed by atoms with Gasteiger partial charge in [0, 0.05) is 28.0 Å². The first kappa shape index (κ1) is 20.4. The summed E-state index contributed by atoms with van der Waals surface area (Å²) < 4.78 is 2.27. The van der Waals surface area contributed by atoms with Crippen molar-refractivity contribution in [2.45, 2.75) is 51.4 Å². The normalized spacial score (nSPS) is 16.9. The van der Waals surface area contributed by atoms with Crippen molar-refractivity contribution in [3.8, 4) is 22.4 Å². The van der Waals surface area contributed by atoms with Crippen molar-refractivity contribution >= 4 is 0 Å². The summed E-state index contributed by atoms with van der Waals surface area (Å²) in [4.78, 5) is 0. The molecule has 1 nitrogen and oxygen atoms in total. The van der Waals surface area contributed by atoms with Crippen LogP contribution in [0, 0.1) is 13.8 Å². The number of benzene rings is 3. The fourth-order valence-electron chi connectivity index (χ4n) is 6.27. The molecule has 1 spiro atoms. The smallest absolute Gasteiger partial charge is 0.201 e. The first-order valence-corrected chi connectivity index (χ1v) is 12.1. The first-order valence-electron chi connectivity index (χ1n) is 12.1. The molecule has 0 saturated heterocycles. The van der Waals surface area contributed by atoms with Gasteiger partial charge < -0.3 is 0 Å². The summed E-state index contributed by atoms with van der Waals surface area (Å²) >= 11 is 0. The Kier molecular flexibility index (Phi) is 4.27. The van der Waals surface area contributed by atoms with Crippen LogP contribution < -0.4 is 4.57 Å². The molecule has 0 radical (unpaired) electrons. The number of rotatable bonds is 2. The number of aromatic nitrogens is 1. The Morgan fingerprint density at radius 1 is 0.667 bits per heavy atom. The Balaban J connectivity index is 1.55. The van der Waals surface area contributed by atoms with E-state index in [0.717, 1.165) is 0 Å². The second kappa shape index (κ2) is 6.90. The lowest BCUT2D eigenvalue weighted by Gasteiger charge is -2.40. The fourth-order valence-corrected chi connectivity index (χ4v) is 6.27. The van der Waals surface area contributed by atoms with Crippen LogP contribution in [0.25, 0.3) is 22.4 Å². The average molecular weight is 431 g/mol. The standard InChI is InChI=1S/C32H32N/c1-21-10-6-7-11-24(21)30-19-25(22(2)20-33(30)5)23-14-15-27-29(18-23)32(16-17-32)28-13-9-8-12-26(28)31(27,3)4/h6-15,18-20H,16-17H2,1-5H3/q+1. The van der Waals surface area contributed by atoms with Gasteiger partial charge in [0.15, 0.2) is 6.20 Å². The first-order chi connectivity index (χ1) is 15.8. The minimum Gasteiger partial charge on any atom is -0.201 e. The highest BCUT2D eigenvalue weighted by Gasteiger charge is 2.53. The lowest BCUT2D eigenvalue weighted by Crippen LogP contribution is -2.33. The zero-order valence-electron chi connectivity index (χ0n) is 20.4. The molecule has 6 rings (SSSR count). The highest BCUT2D eigenvalue weighted by molar-refractivity contribution is 5.75. The van der Waals surface area contributed by atoms with Gasteiger partial charge in [-0.1, -0.05) is 68.4 Å². The third-order valence-electron chi connectivity index (χ3n) is 8.28. The molecule has 0 aliphatic heterocycles. The summed E-state index contributed by atoms with van der Waals surface area (Å²) in [5.74, 6) is 0. The van der Waals surface area contributed by atoms with Crippen molar-refractivity contribution in [3.05, 3.63) is 112 Å². The lowest BCUT2D eigenvalue weighted by molar-refractivity contribution is -0.660. The van der Waals surface area contributed by atoms with E-state index in [2.05, 4.69) is 118 Å². The van der Waals surface area contributed by atoms with Gasteiger partial charge in [0.05, 0.1) is 0 Å². The highest BCUT2D eigenvalue weighted by atomic mass is 14.9. The van der Waals surface area contributed by atoms with Crippen molar-refractivity contribution in [1.29, 1.82) is 0 Å². The molecule has 1 heteroatoms. The zero-order chi connectivity index (χ0) is 23.0. The summed E-state index contributed by atoms with van der Waals surface area (Å²) in [5, 5.41) is 0. The van der Waals surface area contributed by atoms with Crippen molar-refractivity contribution in [1.82, 2.24) is 0 Å². The molecule has 33 heavy (non-hydrogen) atoms. The number of hydrogen-bond donors (Lipinski definition) is 0. The topological polar surface area (TPSA) is 3.88 Å². The zero-order valence-corrected chi connectivity index (χ0v) is 20.4. The van der Waals surface area contributed by atoms with Crippen LogP contribution in [0.15, 0.2) is 79.0 Å². The van der Waals surface area contributed by atoms with Gasteiger partial charge in [0.25, 0.3) is 0 Å². The van der Waals surface area contributed by atoms with E-state index in [1.54, 1.807) is 11.1 Å². The van der Waals surface area contributed by atoms with E-state index >= 15 is 0 Å². The highest BCUT2D eigenvalue weighted by Crippen LogP contribution is 2.62. The monoisotopic (exact) mass is 430 g/mol. The number of fused-ring (bicyclic) bond motifs is 4. The van der Waals surface area contributed by atoms with E-state index in [4.69, 9.17) is 0 Å². The quantitative estimate of drug-likeness (QED) is 0.297. The Morgan fingerprint density at radius 3 is 2.06 bits per heavy atom. The van der Waals surface area contributed by atoms with E-state index in [-0.39, 0.29) is 10.8 Å². The molecule has 0 amide bonds. The van der Waals surface area contributed by atoms with Crippen LogP contribution in [0.1, 0.15) is 60.1 Å². The van der Waals surface area contributed by atoms with Gasteiger partial charge in [0.2, 0.25) is 5.69 Å². The van der Waals surface area contributed by atoms with Crippen LogP contribution >= 0.6 is 0 Å². The predicted molar refractivity (Wildman–Crippen MR) is 137 cm³/mol. The maximum Gasteiger partial charge on any atom is 0.213 e. The average Bonchev–Trinajstić information content (AvgIpc) is 3.61. The number of nitrogens with zero attached hydrogens (tertiary/aromatic N) is 1. The van der Waals surface area contributed by atoms with Gasteiger partial charge in [-0.05, 0) is 77.8 Å². The summed E-state index contributed by atoms with van der Waals surface area (Å²) in [6.07, 6.45) is 4.80. The molecule has 0 unspecified atom stereocenters. The molecule has 3 aromatic carbocycles. The fraction of sp³-hybridized carbons (Fsp3) is 0.281. The van der Waals surface area contributed by atoms with Crippen molar-refractivity contribution < 1.29 is 4.57 Å². The van der Waals surface area contributed by atoms with E-state index in [0.29, 0.717) is 0 Å². The molecule has 1 saturated carbocycles. The van der Waals surface area contributed by atoms with Gasteiger partial charge in [-0.3, -0.25) is 0 Å². The molecule has 164 valence electrons. The predicted octanol–water partition coefficient (Wildman–Crippen LogP) is 7.18. The number of aryl methyl sites for hydroxylation is 3. The Labute approximate surface area is 197 Å². The Hall–Kier alpha value is -3.19. The third kappa shape index (κ3) is 2.88. The maximum absolute atomic E-state index is 2.52. The molecule has 1 fully saturated rings. The SMILES string of the molecule is Cc1c[n+](C)c(-c2ccccc2C)cc1-c1ccc2c(c1)C1(CC1)c1ccccc1C2(C)C. The van der Waals surface area contributed by atoms with Gasteiger partial charge >= 0.3 is 0 Å². The molecule has 0 N–H and O–H groups in total. The number of pyridine rings is 1. The Morgan fingerprint density at radius 2 is 1.33 bits per heavy atom. The van der Waals surface area contributed by atoms with Crippen LogP contribution in [0.2, 0.25) is 0 Å². The van der Waals surface area contributed by atoms with Crippen LogP contribution in [0.4, 0.5) is 0 Å². The van der Waals surface area contributed by atoms with Crippen LogP contribution in [-0.2, 0) is 17.9 Å².